The number of hydrogen-bond acceptors (Lipinski definition) is 7. The molecular weight excluding hydrogens is 352 g/mol. The number of carbonyl (C=O) groups excluding carboxylic acids is 1. The van der Waals surface area contributed by atoms with Gasteiger partial charge in [-0.05, 0) is 18.4 Å². The fourth-order valence-electron chi connectivity index (χ4n) is 3.43. The van der Waals surface area contributed by atoms with Crippen LogP contribution in [0.4, 0.5) is 15.7 Å². The summed E-state index contributed by atoms with van der Waals surface area (Å²) in [4.78, 5) is 28.4. The average molecular weight is 372 g/mol. The molecule has 0 radical (unpaired) electrons. The van der Waals surface area contributed by atoms with E-state index in [1.165, 1.54) is 11.3 Å². The van der Waals surface area contributed by atoms with Gasteiger partial charge < -0.3 is 14.8 Å². The molecule has 26 heavy (non-hydrogen) atoms. The summed E-state index contributed by atoms with van der Waals surface area (Å²) < 4.78 is 0. The number of amides is 2. The Labute approximate surface area is 154 Å². The van der Waals surface area contributed by atoms with E-state index in [9.17, 15) is 4.79 Å². The lowest BCUT2D eigenvalue weighted by Gasteiger charge is -2.42. The van der Waals surface area contributed by atoms with Crippen LogP contribution in [0, 0.1) is 5.92 Å². The molecule has 1 aliphatic heterocycles. The van der Waals surface area contributed by atoms with Crippen LogP contribution in [0.1, 0.15) is 13.3 Å². The van der Waals surface area contributed by atoms with E-state index < -0.39 is 0 Å². The van der Waals surface area contributed by atoms with E-state index in [-0.39, 0.29) is 12.1 Å². The molecule has 1 saturated heterocycles. The summed E-state index contributed by atoms with van der Waals surface area (Å²) in [5.74, 6) is 1.31. The third-order valence-electron chi connectivity index (χ3n) is 4.94. The van der Waals surface area contributed by atoms with Crippen molar-refractivity contribution in [2.45, 2.75) is 19.4 Å². The normalized spacial score (nSPS) is 20.3. The van der Waals surface area contributed by atoms with E-state index in [2.05, 4.69) is 42.3 Å². The largest absolute Gasteiger partial charge is 0.354 e. The number of anilines is 2. The van der Waals surface area contributed by atoms with E-state index >= 15 is 0 Å². The lowest BCUT2D eigenvalue weighted by molar-refractivity contribution is 0.172. The molecule has 3 aromatic rings. The van der Waals surface area contributed by atoms with Gasteiger partial charge in [0.2, 0.25) is 5.13 Å². The van der Waals surface area contributed by atoms with Crippen molar-refractivity contribution in [3.05, 3.63) is 24.1 Å². The minimum atomic E-state index is -0.137. The highest BCUT2D eigenvalue weighted by Gasteiger charge is 2.33. The third kappa shape index (κ3) is 3.07. The SMILES string of the molecule is CC1CCN(C(=O)Nc2nncs2)CC1N(C)c1ncnc2[nH]ccc12. The van der Waals surface area contributed by atoms with Crippen LogP contribution in [0.5, 0.6) is 0 Å². The standard InChI is InChI=1S/C16H20N8OS/c1-10-4-6-24(16(25)21-15-22-20-9-26-15)7-12(10)23(2)14-11-3-5-17-13(11)18-8-19-14/h3,5,8-10,12H,4,6-7H2,1-2H3,(H,17,18,19)(H,21,22,25). The molecule has 136 valence electrons. The van der Waals surface area contributed by atoms with Crippen molar-refractivity contribution in [2.75, 3.05) is 30.4 Å². The Morgan fingerprint density at radius 2 is 2.35 bits per heavy atom. The summed E-state index contributed by atoms with van der Waals surface area (Å²) in [6, 6.07) is 2.01. The number of hydrogen-bond donors (Lipinski definition) is 2. The van der Waals surface area contributed by atoms with Crippen LogP contribution in [0.15, 0.2) is 24.1 Å². The van der Waals surface area contributed by atoms with Crippen LogP contribution in [-0.2, 0) is 0 Å². The molecule has 2 amide bonds. The first kappa shape index (κ1) is 16.7. The molecule has 1 aliphatic rings. The summed E-state index contributed by atoms with van der Waals surface area (Å²) in [6.07, 6.45) is 4.36. The molecule has 0 saturated carbocycles. The molecule has 2 unspecified atom stereocenters. The van der Waals surface area contributed by atoms with Gasteiger partial charge >= 0.3 is 6.03 Å². The van der Waals surface area contributed by atoms with Gasteiger partial charge in [0.25, 0.3) is 0 Å². The van der Waals surface area contributed by atoms with Crippen molar-refractivity contribution >= 4 is 39.4 Å². The molecule has 2 N–H and O–H groups in total. The van der Waals surface area contributed by atoms with Crippen LogP contribution >= 0.6 is 11.3 Å². The summed E-state index contributed by atoms with van der Waals surface area (Å²) in [5, 5.41) is 11.9. The Kier molecular flexibility index (Phi) is 4.41. The van der Waals surface area contributed by atoms with Gasteiger partial charge in [-0.25, -0.2) is 14.8 Å². The number of likely N-dealkylation sites (tertiary alicyclic amines) is 1. The topological polar surface area (TPSA) is 103 Å². The number of aromatic nitrogens is 5. The summed E-state index contributed by atoms with van der Waals surface area (Å²) >= 11 is 1.31. The first-order valence-corrected chi connectivity index (χ1v) is 9.34. The monoisotopic (exact) mass is 372 g/mol. The zero-order chi connectivity index (χ0) is 18.1. The predicted molar refractivity (Wildman–Crippen MR) is 100 cm³/mol. The number of piperidine rings is 1. The second-order valence-corrected chi connectivity index (χ2v) is 7.33. The Morgan fingerprint density at radius 3 is 3.15 bits per heavy atom. The van der Waals surface area contributed by atoms with Gasteiger partial charge in [-0.1, -0.05) is 18.3 Å². The number of nitrogens with zero attached hydrogens (tertiary/aromatic N) is 6. The molecule has 4 heterocycles. The number of H-pyrrole nitrogens is 1. The number of aromatic amines is 1. The van der Waals surface area contributed by atoms with Gasteiger partial charge in [0.15, 0.2) is 0 Å². The first-order chi connectivity index (χ1) is 12.6. The smallest absolute Gasteiger partial charge is 0.323 e. The highest BCUT2D eigenvalue weighted by Crippen LogP contribution is 2.28. The van der Waals surface area contributed by atoms with E-state index in [1.54, 1.807) is 11.8 Å². The fourth-order valence-corrected chi connectivity index (χ4v) is 3.87. The van der Waals surface area contributed by atoms with E-state index in [1.807, 2.05) is 24.2 Å². The quantitative estimate of drug-likeness (QED) is 0.730. The second-order valence-electron chi connectivity index (χ2n) is 6.50. The summed E-state index contributed by atoms with van der Waals surface area (Å²) in [5.41, 5.74) is 2.41. The second kappa shape index (κ2) is 6.87. The Bertz CT molecular complexity index is 895. The minimum absolute atomic E-state index is 0.137. The van der Waals surface area contributed by atoms with Gasteiger partial charge in [0.05, 0.1) is 11.4 Å². The lowest BCUT2D eigenvalue weighted by Crippen LogP contribution is -2.53. The van der Waals surface area contributed by atoms with E-state index in [0.717, 1.165) is 29.8 Å². The number of fused-ring (bicyclic) bond motifs is 1. The molecule has 0 aromatic carbocycles. The first-order valence-electron chi connectivity index (χ1n) is 8.46. The molecule has 0 bridgehead atoms. The van der Waals surface area contributed by atoms with E-state index in [4.69, 9.17) is 0 Å². The van der Waals surface area contributed by atoms with E-state index in [0.29, 0.717) is 17.6 Å². The van der Waals surface area contributed by atoms with Gasteiger partial charge in [0.1, 0.15) is 23.3 Å². The molecule has 1 fully saturated rings. The number of carbonyl (C=O) groups is 1. The average Bonchev–Trinajstić information content (AvgIpc) is 3.32. The lowest BCUT2D eigenvalue weighted by atomic mass is 9.92. The van der Waals surface area contributed by atoms with Crippen molar-refractivity contribution in [3.8, 4) is 0 Å². The van der Waals surface area contributed by atoms with Gasteiger partial charge in [-0.2, -0.15) is 0 Å². The molecule has 10 heteroatoms. The molecular formula is C16H20N8OS. The Balaban J connectivity index is 1.53. The zero-order valence-corrected chi connectivity index (χ0v) is 15.4. The van der Waals surface area contributed by atoms with Crippen molar-refractivity contribution in [3.63, 3.8) is 0 Å². The summed E-state index contributed by atoms with van der Waals surface area (Å²) in [7, 11) is 2.03. The number of nitrogens with one attached hydrogen (secondary N) is 2. The van der Waals surface area contributed by atoms with Crippen molar-refractivity contribution < 1.29 is 4.79 Å². The van der Waals surface area contributed by atoms with Crippen LogP contribution in [0.2, 0.25) is 0 Å². The van der Waals surface area contributed by atoms with Crippen LogP contribution in [0.25, 0.3) is 11.0 Å². The number of likely N-dealkylation sites (N-methyl/N-ethyl adjacent to an activating group) is 1. The maximum atomic E-state index is 12.6. The maximum Gasteiger partial charge on any atom is 0.323 e. The molecule has 3 aromatic heterocycles. The van der Waals surface area contributed by atoms with Crippen LogP contribution in [0.3, 0.4) is 0 Å². The van der Waals surface area contributed by atoms with Crippen molar-refractivity contribution in [2.24, 2.45) is 5.92 Å². The number of rotatable bonds is 3. The van der Waals surface area contributed by atoms with Crippen molar-refractivity contribution in [1.82, 2.24) is 30.0 Å². The molecule has 0 aliphatic carbocycles. The highest BCUT2D eigenvalue weighted by molar-refractivity contribution is 7.13. The van der Waals surface area contributed by atoms with Crippen LogP contribution < -0.4 is 10.2 Å². The number of urea groups is 1. The third-order valence-corrected chi connectivity index (χ3v) is 5.55. The van der Waals surface area contributed by atoms with Gasteiger partial charge in [-0.3, -0.25) is 5.32 Å². The van der Waals surface area contributed by atoms with Crippen molar-refractivity contribution in [1.29, 1.82) is 0 Å². The Morgan fingerprint density at radius 1 is 1.46 bits per heavy atom. The van der Waals surface area contributed by atoms with Crippen LogP contribution in [-0.4, -0.2) is 62.3 Å². The zero-order valence-electron chi connectivity index (χ0n) is 14.6. The van der Waals surface area contributed by atoms with Gasteiger partial charge in [0, 0.05) is 26.3 Å². The minimum Gasteiger partial charge on any atom is -0.354 e. The van der Waals surface area contributed by atoms with Gasteiger partial charge in [-0.15, -0.1) is 10.2 Å². The predicted octanol–water partition coefficient (Wildman–Crippen LogP) is 2.19. The summed E-state index contributed by atoms with van der Waals surface area (Å²) in [6.45, 7) is 3.56. The highest BCUT2D eigenvalue weighted by atomic mass is 32.1. The molecule has 9 nitrogen and oxygen atoms in total. The fraction of sp³-hybridized carbons (Fsp3) is 0.438. The molecule has 4 rings (SSSR count). The maximum absolute atomic E-state index is 12.6. The molecule has 2 atom stereocenters. The molecule has 0 spiro atoms. The Hall–Kier alpha value is -2.75.